The zero-order valence-electron chi connectivity index (χ0n) is 20.1. The first-order valence-electron chi connectivity index (χ1n) is 11.3. The number of piperazine rings is 1. The lowest BCUT2D eigenvalue weighted by atomic mass is 10.00. The average molecular weight is 449 g/mol. The molecule has 0 spiro atoms. The Balaban J connectivity index is 1.36. The monoisotopic (exact) mass is 448 g/mol. The van der Waals surface area contributed by atoms with Crippen molar-refractivity contribution in [3.8, 4) is 17.1 Å². The maximum absolute atomic E-state index is 12.8. The van der Waals surface area contributed by atoms with E-state index in [1.54, 1.807) is 13.3 Å². The molecule has 2 aromatic carbocycles. The van der Waals surface area contributed by atoms with Crippen LogP contribution in [-0.4, -0.2) is 49.2 Å². The molecule has 0 radical (unpaired) electrons. The summed E-state index contributed by atoms with van der Waals surface area (Å²) in [4.78, 5) is 21.1. The minimum atomic E-state index is -0.0114. The molecule has 0 bridgehead atoms. The molecular formula is C26H32N4O3. The van der Waals surface area contributed by atoms with Crippen LogP contribution >= 0.6 is 0 Å². The van der Waals surface area contributed by atoms with Crippen LogP contribution in [-0.2, 0) is 6.54 Å². The Hall–Kier alpha value is -3.48. The quantitative estimate of drug-likeness (QED) is 0.617. The molecule has 4 rings (SSSR count). The molecule has 3 aromatic rings. The normalized spacial score (nSPS) is 13.8. The predicted molar refractivity (Wildman–Crippen MR) is 130 cm³/mol. The second kappa shape index (κ2) is 9.57. The molecule has 174 valence electrons. The first-order chi connectivity index (χ1) is 15.9. The van der Waals surface area contributed by atoms with Crippen molar-refractivity contribution in [1.29, 1.82) is 0 Å². The number of rotatable bonds is 5. The number of ether oxygens (including phenoxy) is 1. The van der Waals surface area contributed by atoms with Crippen molar-refractivity contribution in [2.75, 3.05) is 38.2 Å². The van der Waals surface area contributed by atoms with Crippen LogP contribution in [0.3, 0.4) is 0 Å². The van der Waals surface area contributed by atoms with E-state index in [1.165, 1.54) is 22.3 Å². The number of nitrogens with zero attached hydrogens (tertiary/aromatic N) is 3. The molecule has 1 aromatic heterocycles. The SMILES string of the molecule is COc1cc(N2CCN(C(=O)NCc3c(C)cc(C)cc3C)CC2)ccc1-c1cnc(C)o1. The van der Waals surface area contributed by atoms with Crippen molar-refractivity contribution >= 4 is 11.7 Å². The molecule has 1 aliphatic heterocycles. The molecule has 7 nitrogen and oxygen atoms in total. The molecule has 0 atom stereocenters. The lowest BCUT2D eigenvalue weighted by molar-refractivity contribution is 0.194. The van der Waals surface area contributed by atoms with Gasteiger partial charge in [-0.3, -0.25) is 0 Å². The van der Waals surface area contributed by atoms with Gasteiger partial charge in [0.1, 0.15) is 5.75 Å². The number of carbonyl (C=O) groups excluding carboxylic acids is 1. The largest absolute Gasteiger partial charge is 0.496 e. The lowest BCUT2D eigenvalue weighted by Gasteiger charge is -2.36. The van der Waals surface area contributed by atoms with Crippen molar-refractivity contribution in [3.05, 3.63) is 64.7 Å². The summed E-state index contributed by atoms with van der Waals surface area (Å²) in [5.41, 5.74) is 6.82. The third kappa shape index (κ3) is 4.97. The molecule has 0 aliphatic carbocycles. The molecule has 1 fully saturated rings. The fraction of sp³-hybridized carbons (Fsp3) is 0.385. The van der Waals surface area contributed by atoms with Crippen LogP contribution in [0.5, 0.6) is 5.75 Å². The van der Waals surface area contributed by atoms with E-state index >= 15 is 0 Å². The summed E-state index contributed by atoms with van der Waals surface area (Å²) in [5.74, 6) is 2.06. The molecule has 7 heteroatoms. The predicted octanol–water partition coefficient (Wildman–Crippen LogP) is 4.62. The number of amides is 2. The first kappa shape index (κ1) is 22.7. The highest BCUT2D eigenvalue weighted by atomic mass is 16.5. The Labute approximate surface area is 195 Å². The Morgan fingerprint density at radius 2 is 1.76 bits per heavy atom. The third-order valence-electron chi connectivity index (χ3n) is 6.26. The van der Waals surface area contributed by atoms with Crippen molar-refractivity contribution < 1.29 is 13.9 Å². The molecule has 1 saturated heterocycles. The van der Waals surface area contributed by atoms with Gasteiger partial charge in [-0.15, -0.1) is 0 Å². The molecule has 33 heavy (non-hydrogen) atoms. The summed E-state index contributed by atoms with van der Waals surface area (Å²) in [5, 5.41) is 3.10. The maximum atomic E-state index is 12.8. The summed E-state index contributed by atoms with van der Waals surface area (Å²) in [6.07, 6.45) is 1.71. The topological polar surface area (TPSA) is 70.8 Å². The van der Waals surface area contributed by atoms with E-state index in [0.29, 0.717) is 31.3 Å². The van der Waals surface area contributed by atoms with E-state index in [1.807, 2.05) is 24.0 Å². The van der Waals surface area contributed by atoms with E-state index in [2.05, 4.69) is 54.2 Å². The standard InChI is InChI=1S/C26H32N4O3/c1-17-12-18(2)23(19(3)13-17)15-28-26(31)30-10-8-29(9-11-30)21-6-7-22(24(14-21)32-5)25-16-27-20(4)33-25/h6-7,12-14,16H,8-11,15H2,1-5H3,(H,28,31). The highest BCUT2D eigenvalue weighted by Crippen LogP contribution is 2.34. The van der Waals surface area contributed by atoms with E-state index < -0.39 is 0 Å². The van der Waals surface area contributed by atoms with Crippen LogP contribution in [0.4, 0.5) is 10.5 Å². The number of methoxy groups -OCH3 is 1. The number of benzene rings is 2. The van der Waals surface area contributed by atoms with Gasteiger partial charge in [0.05, 0.1) is 18.9 Å². The molecule has 2 amide bonds. The molecular weight excluding hydrogens is 416 g/mol. The van der Waals surface area contributed by atoms with Gasteiger partial charge < -0.3 is 24.3 Å². The van der Waals surface area contributed by atoms with Gasteiger partial charge in [-0.2, -0.15) is 0 Å². The number of hydrogen-bond donors (Lipinski definition) is 1. The molecule has 0 saturated carbocycles. The highest BCUT2D eigenvalue weighted by molar-refractivity contribution is 5.75. The number of aromatic nitrogens is 1. The Bertz CT molecular complexity index is 1120. The molecule has 1 N–H and O–H groups in total. The van der Waals surface area contributed by atoms with E-state index in [-0.39, 0.29) is 6.03 Å². The van der Waals surface area contributed by atoms with Crippen LogP contribution in [0.25, 0.3) is 11.3 Å². The number of anilines is 1. The number of hydrogen-bond acceptors (Lipinski definition) is 5. The first-order valence-corrected chi connectivity index (χ1v) is 11.3. The van der Waals surface area contributed by atoms with Crippen LogP contribution in [0.2, 0.25) is 0 Å². The van der Waals surface area contributed by atoms with Crippen molar-refractivity contribution in [3.63, 3.8) is 0 Å². The zero-order chi connectivity index (χ0) is 23.5. The highest BCUT2D eigenvalue weighted by Gasteiger charge is 2.22. The van der Waals surface area contributed by atoms with Gasteiger partial charge in [-0.05, 0) is 49.6 Å². The number of oxazole rings is 1. The summed E-state index contributed by atoms with van der Waals surface area (Å²) in [7, 11) is 1.66. The number of aryl methyl sites for hydroxylation is 4. The van der Waals surface area contributed by atoms with Crippen molar-refractivity contribution in [2.45, 2.75) is 34.2 Å². The lowest BCUT2D eigenvalue weighted by Crippen LogP contribution is -2.51. The van der Waals surface area contributed by atoms with Gasteiger partial charge in [0, 0.05) is 51.4 Å². The summed E-state index contributed by atoms with van der Waals surface area (Å²) in [6.45, 7) is 11.5. The van der Waals surface area contributed by atoms with Crippen LogP contribution in [0.1, 0.15) is 28.1 Å². The molecule has 0 unspecified atom stereocenters. The number of carbonyl (C=O) groups is 1. The minimum Gasteiger partial charge on any atom is -0.496 e. The zero-order valence-corrected chi connectivity index (χ0v) is 20.1. The van der Waals surface area contributed by atoms with Gasteiger partial charge in [0.25, 0.3) is 0 Å². The summed E-state index contributed by atoms with van der Waals surface area (Å²) in [6, 6.07) is 10.4. The summed E-state index contributed by atoms with van der Waals surface area (Å²) >= 11 is 0. The van der Waals surface area contributed by atoms with Gasteiger partial charge in [0.15, 0.2) is 11.7 Å². The number of nitrogens with one attached hydrogen (secondary N) is 1. The van der Waals surface area contributed by atoms with Crippen molar-refractivity contribution in [2.24, 2.45) is 0 Å². The second-order valence-electron chi connectivity index (χ2n) is 8.64. The molecule has 2 heterocycles. The van der Waals surface area contributed by atoms with Crippen LogP contribution in [0, 0.1) is 27.7 Å². The Morgan fingerprint density at radius 3 is 2.36 bits per heavy atom. The number of urea groups is 1. The van der Waals surface area contributed by atoms with E-state index in [9.17, 15) is 4.79 Å². The Morgan fingerprint density at radius 1 is 1.06 bits per heavy atom. The molecule has 1 aliphatic rings. The average Bonchev–Trinajstić information content (AvgIpc) is 3.24. The smallest absolute Gasteiger partial charge is 0.317 e. The fourth-order valence-electron chi connectivity index (χ4n) is 4.50. The fourth-order valence-corrected chi connectivity index (χ4v) is 4.50. The summed E-state index contributed by atoms with van der Waals surface area (Å²) < 4.78 is 11.3. The van der Waals surface area contributed by atoms with Crippen molar-refractivity contribution in [1.82, 2.24) is 15.2 Å². The van der Waals surface area contributed by atoms with Crippen LogP contribution in [0.15, 0.2) is 40.9 Å². The van der Waals surface area contributed by atoms with E-state index in [0.717, 1.165) is 30.1 Å². The van der Waals surface area contributed by atoms with Gasteiger partial charge in [-0.1, -0.05) is 17.7 Å². The van der Waals surface area contributed by atoms with Gasteiger partial charge >= 0.3 is 6.03 Å². The van der Waals surface area contributed by atoms with E-state index in [4.69, 9.17) is 9.15 Å². The van der Waals surface area contributed by atoms with Crippen LogP contribution < -0.4 is 15.0 Å². The second-order valence-corrected chi connectivity index (χ2v) is 8.64. The van der Waals surface area contributed by atoms with Gasteiger partial charge in [0.2, 0.25) is 0 Å². The third-order valence-corrected chi connectivity index (χ3v) is 6.26. The Kier molecular flexibility index (Phi) is 6.58. The van der Waals surface area contributed by atoms with Gasteiger partial charge in [-0.25, -0.2) is 9.78 Å². The minimum absolute atomic E-state index is 0.0114. The maximum Gasteiger partial charge on any atom is 0.317 e.